The maximum Gasteiger partial charge on any atom is 0.224 e. The van der Waals surface area contributed by atoms with Gasteiger partial charge < -0.3 is 9.47 Å². The zero-order valence-corrected chi connectivity index (χ0v) is 21.2. The molecule has 0 aliphatic carbocycles. The Morgan fingerprint density at radius 2 is 1.91 bits per heavy atom. The molecule has 8 heteroatoms. The average Bonchev–Trinajstić information content (AvgIpc) is 3.24. The predicted octanol–water partition coefficient (Wildman–Crippen LogP) is 5.11. The second kappa shape index (κ2) is 13.5. The Balaban J connectivity index is 2.20. The predicted molar refractivity (Wildman–Crippen MR) is 144 cm³/mol. The van der Waals surface area contributed by atoms with E-state index in [1.165, 1.54) is 0 Å². The van der Waals surface area contributed by atoms with Gasteiger partial charge in [0.05, 0.1) is 42.6 Å². The van der Waals surface area contributed by atoms with E-state index in [4.69, 9.17) is 9.47 Å². The van der Waals surface area contributed by atoms with Crippen LogP contribution in [0.25, 0.3) is 5.70 Å². The highest BCUT2D eigenvalue weighted by Gasteiger charge is 2.16. The molecule has 8 nitrogen and oxygen atoms in total. The largest absolute Gasteiger partial charge is 0.492 e. The summed E-state index contributed by atoms with van der Waals surface area (Å²) in [4.78, 5) is 8.61. The lowest BCUT2D eigenvalue weighted by molar-refractivity contribution is 0.193. The number of aromatic nitrogens is 2. The molecule has 0 saturated carbocycles. The van der Waals surface area contributed by atoms with E-state index in [1.54, 1.807) is 42.5 Å². The van der Waals surface area contributed by atoms with Crippen LogP contribution in [0.4, 0.5) is 0 Å². The molecular weight excluding hydrogens is 440 g/mol. The molecule has 1 aromatic carbocycles. The van der Waals surface area contributed by atoms with Crippen LogP contribution >= 0.6 is 0 Å². The quantitative estimate of drug-likeness (QED) is 0.141. The second-order valence-corrected chi connectivity index (χ2v) is 7.69. The van der Waals surface area contributed by atoms with Gasteiger partial charge >= 0.3 is 0 Å². The third-order valence-electron chi connectivity index (χ3n) is 5.12. The summed E-state index contributed by atoms with van der Waals surface area (Å²) in [5, 5.41) is 9.95. The smallest absolute Gasteiger partial charge is 0.224 e. The zero-order valence-electron chi connectivity index (χ0n) is 21.2. The van der Waals surface area contributed by atoms with Gasteiger partial charge in [0.25, 0.3) is 0 Å². The highest BCUT2D eigenvalue weighted by molar-refractivity contribution is 5.98. The van der Waals surface area contributed by atoms with Gasteiger partial charge in [-0.05, 0) is 31.1 Å². The Morgan fingerprint density at radius 1 is 1.20 bits per heavy atom. The Hall–Kier alpha value is -4.20. The number of aliphatic imine (C=N–C) groups is 2. The van der Waals surface area contributed by atoms with E-state index in [2.05, 4.69) is 40.1 Å². The maximum absolute atomic E-state index is 5.92. The lowest BCUT2D eigenvalue weighted by atomic mass is 10.1. The molecule has 2 rings (SSSR count). The Labute approximate surface area is 208 Å². The summed E-state index contributed by atoms with van der Waals surface area (Å²) in [6, 6.07) is 7.90. The van der Waals surface area contributed by atoms with Gasteiger partial charge in [-0.3, -0.25) is 14.7 Å². The minimum atomic E-state index is 0.313. The molecule has 1 heterocycles. The van der Waals surface area contributed by atoms with Gasteiger partial charge in [-0.1, -0.05) is 55.1 Å². The lowest BCUT2D eigenvalue weighted by Crippen LogP contribution is -2.13. The number of benzene rings is 1. The van der Waals surface area contributed by atoms with Gasteiger partial charge in [0.2, 0.25) is 5.90 Å². The number of allylic oxidation sites excluding steroid dienone is 5. The van der Waals surface area contributed by atoms with Gasteiger partial charge in [-0.25, -0.2) is 4.99 Å². The SMILES string of the molecule is C=C/C(C)=C\C=C(/C)OCc1c(C(=NC(=C)c2ccc(CN(C=NC)N=C)cc2)OC)cnn1C. The van der Waals surface area contributed by atoms with E-state index in [9.17, 15) is 0 Å². The van der Waals surface area contributed by atoms with Gasteiger partial charge in [0, 0.05) is 20.8 Å². The van der Waals surface area contributed by atoms with E-state index >= 15 is 0 Å². The van der Waals surface area contributed by atoms with Crippen molar-refractivity contribution in [2.75, 3.05) is 14.2 Å². The summed E-state index contributed by atoms with van der Waals surface area (Å²) in [5.74, 6) is 1.19. The second-order valence-electron chi connectivity index (χ2n) is 7.69. The first-order valence-electron chi connectivity index (χ1n) is 11.0. The number of aryl methyl sites for hydroxylation is 1. The number of hydrogen-bond acceptors (Lipinski definition) is 6. The third kappa shape index (κ3) is 7.96. The van der Waals surface area contributed by atoms with Crippen molar-refractivity contribution >= 4 is 24.7 Å². The van der Waals surface area contributed by atoms with Gasteiger partial charge in [-0.15, -0.1) is 0 Å². The molecule has 0 N–H and O–H groups in total. The van der Waals surface area contributed by atoms with Crippen LogP contribution in [0.2, 0.25) is 0 Å². The first-order valence-corrected chi connectivity index (χ1v) is 11.0. The molecule has 2 aromatic rings. The third-order valence-corrected chi connectivity index (χ3v) is 5.12. The normalized spacial score (nSPS) is 12.5. The summed E-state index contributed by atoms with van der Waals surface area (Å²) < 4.78 is 13.3. The van der Waals surface area contributed by atoms with Crippen LogP contribution in [-0.4, -0.2) is 47.9 Å². The molecular formula is C27H34N6O2. The van der Waals surface area contributed by atoms with E-state index < -0.39 is 0 Å². The van der Waals surface area contributed by atoms with Gasteiger partial charge in [0.15, 0.2) is 0 Å². The molecule has 0 amide bonds. The fourth-order valence-electron chi connectivity index (χ4n) is 3.01. The highest BCUT2D eigenvalue weighted by atomic mass is 16.5. The number of ether oxygens (including phenoxy) is 2. The topological polar surface area (TPSA) is 76.6 Å². The summed E-state index contributed by atoms with van der Waals surface area (Å²) in [5.41, 5.74) is 5.12. The molecule has 0 atom stereocenters. The monoisotopic (exact) mass is 474 g/mol. The van der Waals surface area contributed by atoms with Crippen molar-refractivity contribution in [2.45, 2.75) is 27.0 Å². The Morgan fingerprint density at radius 3 is 2.51 bits per heavy atom. The molecule has 0 unspecified atom stereocenters. The first-order chi connectivity index (χ1) is 16.8. The number of nitrogens with zero attached hydrogens (tertiary/aromatic N) is 6. The van der Waals surface area contributed by atoms with Gasteiger partial charge in [-0.2, -0.15) is 10.2 Å². The fraction of sp³-hybridized carbons (Fsp3) is 0.259. The van der Waals surface area contributed by atoms with Crippen molar-refractivity contribution in [1.29, 1.82) is 0 Å². The van der Waals surface area contributed by atoms with Crippen molar-refractivity contribution in [3.05, 3.63) is 95.6 Å². The molecule has 1 aromatic heterocycles. The molecule has 0 saturated heterocycles. The molecule has 184 valence electrons. The summed E-state index contributed by atoms with van der Waals surface area (Å²) >= 11 is 0. The summed E-state index contributed by atoms with van der Waals surface area (Å²) in [6.45, 7) is 16.2. The van der Waals surface area contributed by atoms with Crippen molar-refractivity contribution in [1.82, 2.24) is 14.8 Å². The van der Waals surface area contributed by atoms with Gasteiger partial charge in [0.1, 0.15) is 12.9 Å². The number of methoxy groups -OCH3 is 1. The molecule has 0 bridgehead atoms. The van der Waals surface area contributed by atoms with E-state index in [0.29, 0.717) is 24.7 Å². The zero-order chi connectivity index (χ0) is 25.8. The van der Waals surface area contributed by atoms with Crippen molar-refractivity contribution < 1.29 is 9.47 Å². The minimum absolute atomic E-state index is 0.313. The standard InChI is InChI=1S/C27H34N6O2/c1-9-20(2)10-11-21(3)35-18-26-25(16-30-32(26)7)27(34-8)31-22(4)24-14-12-23(13-15-24)17-33(29-6)19-28-5/h9-16,19H,1,4,6,17-18H2,2-3,5,7-8H3/b20-10-,21-11+,28-19?,31-27?. The van der Waals surface area contributed by atoms with Crippen molar-refractivity contribution in [2.24, 2.45) is 22.1 Å². The van der Waals surface area contributed by atoms with Crippen LogP contribution < -0.4 is 0 Å². The van der Waals surface area contributed by atoms with Crippen LogP contribution in [0.1, 0.15) is 36.2 Å². The molecule has 35 heavy (non-hydrogen) atoms. The maximum atomic E-state index is 5.92. The average molecular weight is 475 g/mol. The molecule has 0 aliphatic rings. The summed E-state index contributed by atoms with van der Waals surface area (Å²) in [6.07, 6.45) is 8.99. The number of hydrogen-bond donors (Lipinski definition) is 0. The minimum Gasteiger partial charge on any atom is -0.492 e. The molecule has 0 radical (unpaired) electrons. The lowest BCUT2D eigenvalue weighted by Gasteiger charge is -2.13. The molecule has 0 spiro atoms. The Kier molecular flexibility index (Phi) is 10.4. The summed E-state index contributed by atoms with van der Waals surface area (Å²) in [7, 11) is 5.12. The van der Waals surface area contributed by atoms with E-state index in [0.717, 1.165) is 33.7 Å². The number of hydrazone groups is 1. The van der Waals surface area contributed by atoms with Crippen LogP contribution in [0.3, 0.4) is 0 Å². The highest BCUT2D eigenvalue weighted by Crippen LogP contribution is 2.20. The van der Waals surface area contributed by atoms with Crippen LogP contribution in [-0.2, 0) is 29.7 Å². The van der Waals surface area contributed by atoms with Crippen LogP contribution in [0, 0.1) is 0 Å². The Bertz CT molecular complexity index is 1150. The van der Waals surface area contributed by atoms with E-state index in [-0.39, 0.29) is 0 Å². The van der Waals surface area contributed by atoms with Crippen LogP contribution in [0.15, 0.2) is 88.3 Å². The first kappa shape index (κ1) is 27.0. The van der Waals surface area contributed by atoms with Crippen molar-refractivity contribution in [3.63, 3.8) is 0 Å². The fourth-order valence-corrected chi connectivity index (χ4v) is 3.01. The van der Waals surface area contributed by atoms with Crippen molar-refractivity contribution in [3.8, 4) is 0 Å². The molecule has 0 fully saturated rings. The van der Waals surface area contributed by atoms with Crippen LogP contribution in [0.5, 0.6) is 0 Å². The van der Waals surface area contributed by atoms with E-state index in [1.807, 2.05) is 57.3 Å². The molecule has 0 aliphatic heterocycles. The number of rotatable bonds is 12.